The van der Waals surface area contributed by atoms with E-state index in [2.05, 4.69) is 10.3 Å². The van der Waals surface area contributed by atoms with Crippen molar-refractivity contribution in [2.45, 2.75) is 26.0 Å². The molecule has 0 spiro atoms. The van der Waals surface area contributed by atoms with E-state index < -0.39 is 5.54 Å². The lowest BCUT2D eigenvalue weighted by Crippen LogP contribution is -2.66. The molecule has 4 rings (SSSR count). The van der Waals surface area contributed by atoms with Gasteiger partial charge in [-0.3, -0.25) is 4.79 Å². The molecule has 0 bridgehead atoms. The Morgan fingerprint density at radius 1 is 1.41 bits per heavy atom. The van der Waals surface area contributed by atoms with Crippen LogP contribution in [-0.2, 0) is 11.3 Å². The van der Waals surface area contributed by atoms with Gasteiger partial charge in [-0.1, -0.05) is 0 Å². The third-order valence-electron chi connectivity index (χ3n) is 4.80. The van der Waals surface area contributed by atoms with Crippen molar-refractivity contribution in [1.82, 2.24) is 10.3 Å². The number of ether oxygens (including phenoxy) is 2. The Kier molecular flexibility index (Phi) is 4.63. The van der Waals surface area contributed by atoms with Gasteiger partial charge in [-0.15, -0.1) is 11.3 Å². The number of rotatable bonds is 6. The molecule has 8 heteroatoms. The summed E-state index contributed by atoms with van der Waals surface area (Å²) in [4.78, 5) is 18.2. The number of nitrogens with two attached hydrogens (primary N) is 1. The van der Waals surface area contributed by atoms with Gasteiger partial charge in [0.2, 0.25) is 0 Å². The quantitative estimate of drug-likeness (QED) is 0.674. The van der Waals surface area contributed by atoms with Gasteiger partial charge in [0, 0.05) is 11.9 Å². The first-order valence-electron chi connectivity index (χ1n) is 8.66. The number of aromatic nitrogens is 1. The largest absolute Gasteiger partial charge is 0.488 e. The van der Waals surface area contributed by atoms with E-state index in [1.54, 1.807) is 23.8 Å². The number of aryl methyl sites for hydroxylation is 2. The standard InChI is InChI=1S/C19H21N3O4S/c1-11-16(27-10-21-11)6-25-13-3-4-15-14(5-13)17(12(2)26-15)18(23)22-19(7-20)8-24-9-19/h3-5,10H,6-9,20H2,1-2H3,(H,22,23). The van der Waals surface area contributed by atoms with Gasteiger partial charge >= 0.3 is 0 Å². The van der Waals surface area contributed by atoms with E-state index in [-0.39, 0.29) is 5.91 Å². The Balaban J connectivity index is 1.59. The van der Waals surface area contributed by atoms with E-state index in [0.717, 1.165) is 16.0 Å². The molecule has 1 aliphatic heterocycles. The number of benzene rings is 1. The number of furan rings is 1. The van der Waals surface area contributed by atoms with Crippen molar-refractivity contribution in [1.29, 1.82) is 0 Å². The van der Waals surface area contributed by atoms with Gasteiger partial charge in [-0.05, 0) is 32.0 Å². The first-order valence-corrected chi connectivity index (χ1v) is 9.54. The zero-order valence-electron chi connectivity index (χ0n) is 15.2. The summed E-state index contributed by atoms with van der Waals surface area (Å²) in [6.45, 7) is 5.35. The Bertz CT molecular complexity index is 985. The highest BCUT2D eigenvalue weighted by Gasteiger charge is 2.39. The molecule has 1 fully saturated rings. The summed E-state index contributed by atoms with van der Waals surface area (Å²) in [6.07, 6.45) is 0. The van der Waals surface area contributed by atoms with Crippen LogP contribution in [0.1, 0.15) is 26.7 Å². The molecule has 0 saturated carbocycles. The summed E-state index contributed by atoms with van der Waals surface area (Å²) in [5.74, 6) is 1.02. The summed E-state index contributed by atoms with van der Waals surface area (Å²) in [5, 5.41) is 3.72. The van der Waals surface area contributed by atoms with Crippen molar-refractivity contribution >= 4 is 28.2 Å². The lowest BCUT2D eigenvalue weighted by molar-refractivity contribution is -0.0642. The number of hydrogen-bond acceptors (Lipinski definition) is 7. The Morgan fingerprint density at radius 3 is 2.85 bits per heavy atom. The van der Waals surface area contributed by atoms with E-state index >= 15 is 0 Å². The predicted octanol–water partition coefficient (Wildman–Crippen LogP) is 2.54. The van der Waals surface area contributed by atoms with Gasteiger partial charge in [0.05, 0.1) is 40.4 Å². The fourth-order valence-corrected chi connectivity index (χ4v) is 3.77. The maximum absolute atomic E-state index is 12.9. The topological polar surface area (TPSA) is 99.6 Å². The number of amides is 1. The molecule has 0 aliphatic carbocycles. The molecule has 1 saturated heterocycles. The molecule has 27 heavy (non-hydrogen) atoms. The van der Waals surface area contributed by atoms with E-state index in [0.29, 0.717) is 49.0 Å². The molecule has 0 atom stereocenters. The van der Waals surface area contributed by atoms with E-state index in [4.69, 9.17) is 19.6 Å². The summed E-state index contributed by atoms with van der Waals surface area (Å²) in [5.41, 5.74) is 9.22. The third-order valence-corrected chi connectivity index (χ3v) is 5.71. The fraction of sp³-hybridized carbons (Fsp3) is 0.368. The zero-order chi connectivity index (χ0) is 19.0. The molecule has 0 unspecified atom stereocenters. The second kappa shape index (κ2) is 6.95. The van der Waals surface area contributed by atoms with Crippen LogP contribution in [0.5, 0.6) is 5.75 Å². The molecule has 142 valence electrons. The van der Waals surface area contributed by atoms with E-state index in [1.165, 1.54) is 0 Å². The van der Waals surface area contributed by atoms with Crippen molar-refractivity contribution in [3.8, 4) is 5.75 Å². The summed E-state index contributed by atoms with van der Waals surface area (Å²) < 4.78 is 16.9. The average molecular weight is 387 g/mol. The van der Waals surface area contributed by atoms with Crippen LogP contribution in [0.4, 0.5) is 0 Å². The molecular weight excluding hydrogens is 366 g/mol. The SMILES string of the molecule is Cc1ncsc1COc1ccc2oc(C)c(C(=O)NC3(CN)COC3)c2c1. The van der Waals surface area contributed by atoms with Gasteiger partial charge < -0.3 is 24.9 Å². The number of fused-ring (bicyclic) bond motifs is 1. The van der Waals surface area contributed by atoms with Crippen LogP contribution in [0, 0.1) is 13.8 Å². The summed E-state index contributed by atoms with van der Waals surface area (Å²) in [7, 11) is 0. The van der Waals surface area contributed by atoms with Crippen LogP contribution in [0.25, 0.3) is 11.0 Å². The molecule has 7 nitrogen and oxygen atoms in total. The van der Waals surface area contributed by atoms with Gasteiger partial charge in [-0.25, -0.2) is 4.98 Å². The smallest absolute Gasteiger partial charge is 0.256 e. The monoisotopic (exact) mass is 387 g/mol. The zero-order valence-corrected chi connectivity index (χ0v) is 16.0. The Hall–Kier alpha value is -2.42. The van der Waals surface area contributed by atoms with Crippen LogP contribution in [0.2, 0.25) is 0 Å². The van der Waals surface area contributed by atoms with Gasteiger partial charge in [0.25, 0.3) is 5.91 Å². The number of thiazole rings is 1. The van der Waals surface area contributed by atoms with E-state index in [9.17, 15) is 4.79 Å². The number of carbonyl (C=O) groups excluding carboxylic acids is 1. The van der Waals surface area contributed by atoms with Crippen molar-refractivity contribution < 1.29 is 18.7 Å². The van der Waals surface area contributed by atoms with Crippen LogP contribution in [0.15, 0.2) is 28.1 Å². The average Bonchev–Trinajstić information content (AvgIpc) is 3.17. The molecular formula is C19H21N3O4S. The van der Waals surface area contributed by atoms with Crippen molar-refractivity contribution in [2.24, 2.45) is 5.73 Å². The summed E-state index contributed by atoms with van der Waals surface area (Å²) >= 11 is 1.56. The Labute approximate surface area is 160 Å². The first-order chi connectivity index (χ1) is 13.0. The van der Waals surface area contributed by atoms with Crippen molar-refractivity contribution in [3.63, 3.8) is 0 Å². The van der Waals surface area contributed by atoms with Gasteiger partial charge in [-0.2, -0.15) is 0 Å². The molecule has 3 heterocycles. The minimum Gasteiger partial charge on any atom is -0.488 e. The Morgan fingerprint density at radius 2 is 2.22 bits per heavy atom. The minimum absolute atomic E-state index is 0.213. The molecule has 1 amide bonds. The highest BCUT2D eigenvalue weighted by atomic mass is 32.1. The molecule has 3 aromatic rings. The number of nitrogens with zero attached hydrogens (tertiary/aromatic N) is 1. The number of nitrogens with one attached hydrogen (secondary N) is 1. The predicted molar refractivity (Wildman–Crippen MR) is 102 cm³/mol. The number of carbonyl (C=O) groups is 1. The highest BCUT2D eigenvalue weighted by molar-refractivity contribution is 7.09. The maximum Gasteiger partial charge on any atom is 0.256 e. The molecule has 0 radical (unpaired) electrons. The van der Waals surface area contributed by atoms with Crippen LogP contribution in [-0.4, -0.2) is 36.2 Å². The lowest BCUT2D eigenvalue weighted by atomic mass is 9.96. The third kappa shape index (κ3) is 3.31. The normalized spacial score (nSPS) is 15.5. The second-order valence-electron chi connectivity index (χ2n) is 6.77. The highest BCUT2D eigenvalue weighted by Crippen LogP contribution is 2.30. The minimum atomic E-state index is -0.495. The van der Waals surface area contributed by atoms with Gasteiger partial charge in [0.1, 0.15) is 23.7 Å². The van der Waals surface area contributed by atoms with Crippen molar-refractivity contribution in [3.05, 3.63) is 45.6 Å². The van der Waals surface area contributed by atoms with Gasteiger partial charge in [0.15, 0.2) is 0 Å². The fourth-order valence-electron chi connectivity index (χ4n) is 3.08. The van der Waals surface area contributed by atoms with Crippen LogP contribution < -0.4 is 15.8 Å². The van der Waals surface area contributed by atoms with Crippen LogP contribution in [0.3, 0.4) is 0 Å². The maximum atomic E-state index is 12.9. The molecule has 3 N–H and O–H groups in total. The number of hydrogen-bond donors (Lipinski definition) is 2. The van der Waals surface area contributed by atoms with Crippen molar-refractivity contribution in [2.75, 3.05) is 19.8 Å². The van der Waals surface area contributed by atoms with Crippen LogP contribution >= 0.6 is 11.3 Å². The van der Waals surface area contributed by atoms with E-state index in [1.807, 2.05) is 25.1 Å². The summed E-state index contributed by atoms with van der Waals surface area (Å²) in [6, 6.07) is 5.49. The lowest BCUT2D eigenvalue weighted by Gasteiger charge is -2.41. The first kappa shape index (κ1) is 18.0. The second-order valence-corrected chi connectivity index (χ2v) is 7.71. The molecule has 1 aliphatic rings. The molecule has 1 aromatic carbocycles. The molecule has 2 aromatic heterocycles.